The third kappa shape index (κ3) is 3.52. The van der Waals surface area contributed by atoms with E-state index in [1.807, 2.05) is 0 Å². The molecule has 0 saturated carbocycles. The lowest BCUT2D eigenvalue weighted by Gasteiger charge is -2.16. The summed E-state index contributed by atoms with van der Waals surface area (Å²) in [5.41, 5.74) is 0.545. The Morgan fingerprint density at radius 2 is 2.05 bits per heavy atom. The Morgan fingerprint density at radius 1 is 1.32 bits per heavy atom. The van der Waals surface area contributed by atoms with E-state index in [1.165, 1.54) is 0 Å². The van der Waals surface area contributed by atoms with E-state index in [0.29, 0.717) is 17.1 Å². The lowest BCUT2D eigenvalue weighted by molar-refractivity contribution is -0.0488. The molecule has 0 spiro atoms. The van der Waals surface area contributed by atoms with Crippen molar-refractivity contribution in [2.75, 3.05) is 26.5 Å². The van der Waals surface area contributed by atoms with Gasteiger partial charge in [-0.05, 0) is 17.7 Å². The van der Waals surface area contributed by atoms with E-state index in [2.05, 4.69) is 5.32 Å². The number of hydrogen-bond donors (Lipinski definition) is 3. The van der Waals surface area contributed by atoms with Gasteiger partial charge in [0.25, 0.3) is 5.92 Å². The van der Waals surface area contributed by atoms with E-state index in [1.54, 1.807) is 18.2 Å². The van der Waals surface area contributed by atoms with Crippen LogP contribution in [0.1, 0.15) is 11.7 Å². The molecule has 1 aliphatic heterocycles. The Balaban J connectivity index is 1.88. The highest BCUT2D eigenvalue weighted by Crippen LogP contribution is 2.34. The van der Waals surface area contributed by atoms with Crippen molar-refractivity contribution >= 4 is 0 Å². The number of aliphatic hydroxyl groups excluding tert-OH is 2. The summed E-state index contributed by atoms with van der Waals surface area (Å²) >= 11 is 0. The molecule has 0 saturated heterocycles. The van der Waals surface area contributed by atoms with Crippen molar-refractivity contribution in [2.45, 2.75) is 12.0 Å². The van der Waals surface area contributed by atoms with Crippen LogP contribution >= 0.6 is 0 Å². The number of benzene rings is 1. The molecular formula is C12H15F2NO4. The van der Waals surface area contributed by atoms with Crippen molar-refractivity contribution < 1.29 is 28.5 Å². The van der Waals surface area contributed by atoms with Gasteiger partial charge in [0.15, 0.2) is 11.5 Å². The molecule has 5 nitrogen and oxygen atoms in total. The van der Waals surface area contributed by atoms with Crippen molar-refractivity contribution in [2.24, 2.45) is 0 Å². The van der Waals surface area contributed by atoms with Gasteiger partial charge >= 0.3 is 0 Å². The zero-order valence-electron chi connectivity index (χ0n) is 10.1. The maximum absolute atomic E-state index is 12.8. The third-order valence-electron chi connectivity index (χ3n) is 2.73. The van der Waals surface area contributed by atoms with Crippen molar-refractivity contribution in [1.82, 2.24) is 5.32 Å². The number of aliphatic hydroxyl groups is 2. The molecule has 0 amide bonds. The second kappa shape index (κ2) is 5.68. The van der Waals surface area contributed by atoms with Gasteiger partial charge in [-0.15, -0.1) is 0 Å². The van der Waals surface area contributed by atoms with E-state index < -0.39 is 25.2 Å². The number of hydrogen-bond acceptors (Lipinski definition) is 5. The molecular weight excluding hydrogens is 260 g/mol. The second-order valence-electron chi connectivity index (χ2n) is 4.27. The molecule has 0 bridgehead atoms. The number of ether oxygens (including phenoxy) is 2. The normalized spacial score (nSPS) is 15.6. The lowest BCUT2D eigenvalue weighted by Crippen LogP contribution is -2.37. The van der Waals surface area contributed by atoms with E-state index in [-0.39, 0.29) is 13.3 Å². The van der Waals surface area contributed by atoms with Crippen LogP contribution in [0.4, 0.5) is 8.78 Å². The SMILES string of the molecule is OCC(F)(F)CNCC(O)c1ccc2c(c1)OCO2. The standard InChI is InChI=1S/C12H15F2NO4/c13-12(14,6-16)5-15-4-9(17)8-1-2-10-11(3-8)19-7-18-10/h1-3,9,15-17H,4-7H2. The summed E-state index contributed by atoms with van der Waals surface area (Å²) in [6.07, 6.45) is -0.941. The minimum Gasteiger partial charge on any atom is -0.454 e. The van der Waals surface area contributed by atoms with Gasteiger partial charge in [-0.25, -0.2) is 8.78 Å². The van der Waals surface area contributed by atoms with E-state index in [0.717, 1.165) is 0 Å². The van der Waals surface area contributed by atoms with Gasteiger partial charge in [0.2, 0.25) is 6.79 Å². The molecule has 3 N–H and O–H groups in total. The van der Waals surface area contributed by atoms with Crippen molar-refractivity contribution in [3.63, 3.8) is 0 Å². The molecule has 7 heteroatoms. The predicted molar refractivity (Wildman–Crippen MR) is 62.4 cm³/mol. The molecule has 0 radical (unpaired) electrons. The minimum atomic E-state index is -3.19. The largest absolute Gasteiger partial charge is 0.454 e. The van der Waals surface area contributed by atoms with Crippen LogP contribution in [0.25, 0.3) is 0 Å². The Hall–Kier alpha value is -1.44. The van der Waals surface area contributed by atoms with Crippen LogP contribution in [0.3, 0.4) is 0 Å². The molecule has 1 unspecified atom stereocenters. The topological polar surface area (TPSA) is 71.0 Å². The van der Waals surface area contributed by atoms with E-state index in [9.17, 15) is 13.9 Å². The van der Waals surface area contributed by atoms with Gasteiger partial charge in [0.05, 0.1) is 12.6 Å². The zero-order valence-corrected chi connectivity index (χ0v) is 10.1. The molecule has 1 aliphatic rings. The molecule has 1 aromatic carbocycles. The first-order valence-corrected chi connectivity index (χ1v) is 5.79. The number of rotatable bonds is 6. The fraction of sp³-hybridized carbons (Fsp3) is 0.500. The summed E-state index contributed by atoms with van der Waals surface area (Å²) in [5, 5.41) is 20.7. The average molecular weight is 275 g/mol. The quantitative estimate of drug-likeness (QED) is 0.711. The molecule has 0 aliphatic carbocycles. The summed E-state index contributed by atoms with van der Waals surface area (Å²) in [5.74, 6) is -2.07. The fourth-order valence-electron chi connectivity index (χ4n) is 1.69. The molecule has 0 aromatic heterocycles. The average Bonchev–Trinajstić information content (AvgIpc) is 2.85. The summed E-state index contributed by atoms with van der Waals surface area (Å²) in [6.45, 7) is -1.82. The fourth-order valence-corrected chi connectivity index (χ4v) is 1.69. The number of nitrogens with one attached hydrogen (secondary N) is 1. The summed E-state index contributed by atoms with van der Waals surface area (Å²) < 4.78 is 35.8. The first-order valence-electron chi connectivity index (χ1n) is 5.79. The first kappa shape index (κ1) is 14.0. The van der Waals surface area contributed by atoms with Crippen LogP contribution in [0.5, 0.6) is 11.5 Å². The highest BCUT2D eigenvalue weighted by Gasteiger charge is 2.27. The minimum absolute atomic E-state index is 0.0464. The lowest BCUT2D eigenvalue weighted by atomic mass is 10.1. The molecule has 1 heterocycles. The number of halogens is 2. The maximum atomic E-state index is 12.8. The third-order valence-corrected chi connectivity index (χ3v) is 2.73. The van der Waals surface area contributed by atoms with Crippen LogP contribution < -0.4 is 14.8 Å². The van der Waals surface area contributed by atoms with Gasteiger partial charge in [0.1, 0.15) is 6.61 Å². The highest BCUT2D eigenvalue weighted by atomic mass is 19.3. The maximum Gasteiger partial charge on any atom is 0.282 e. The van der Waals surface area contributed by atoms with Crippen LogP contribution in [-0.4, -0.2) is 42.6 Å². The Kier molecular flexibility index (Phi) is 4.18. The Bertz CT molecular complexity index is 442. The smallest absolute Gasteiger partial charge is 0.282 e. The summed E-state index contributed by atoms with van der Waals surface area (Å²) in [6, 6.07) is 4.91. The van der Waals surface area contributed by atoms with Crippen molar-refractivity contribution in [3.05, 3.63) is 23.8 Å². The van der Waals surface area contributed by atoms with Crippen molar-refractivity contribution in [3.8, 4) is 11.5 Å². The monoisotopic (exact) mass is 275 g/mol. The molecule has 2 rings (SSSR count). The number of alkyl halides is 2. The van der Waals surface area contributed by atoms with E-state index >= 15 is 0 Å². The predicted octanol–water partition coefficient (Wildman–Crippen LogP) is 0.666. The van der Waals surface area contributed by atoms with Gasteiger partial charge < -0.3 is 25.0 Å². The van der Waals surface area contributed by atoms with Gasteiger partial charge in [-0.3, -0.25) is 0 Å². The van der Waals surface area contributed by atoms with Crippen molar-refractivity contribution in [1.29, 1.82) is 0 Å². The van der Waals surface area contributed by atoms with Gasteiger partial charge in [-0.2, -0.15) is 0 Å². The van der Waals surface area contributed by atoms with E-state index in [4.69, 9.17) is 14.6 Å². The molecule has 1 atom stereocenters. The highest BCUT2D eigenvalue weighted by molar-refractivity contribution is 5.45. The molecule has 0 fully saturated rings. The Labute approximate surface area is 108 Å². The summed E-state index contributed by atoms with van der Waals surface area (Å²) in [7, 11) is 0. The molecule has 19 heavy (non-hydrogen) atoms. The van der Waals surface area contributed by atoms with Crippen LogP contribution in [0.2, 0.25) is 0 Å². The van der Waals surface area contributed by atoms with Crippen LogP contribution in [0.15, 0.2) is 18.2 Å². The summed E-state index contributed by atoms with van der Waals surface area (Å²) in [4.78, 5) is 0. The second-order valence-corrected chi connectivity index (χ2v) is 4.27. The van der Waals surface area contributed by atoms with Crippen LogP contribution in [0, 0.1) is 0 Å². The molecule has 106 valence electrons. The Morgan fingerprint density at radius 3 is 2.79 bits per heavy atom. The van der Waals surface area contributed by atoms with Crippen LogP contribution in [-0.2, 0) is 0 Å². The molecule has 1 aromatic rings. The number of fused-ring (bicyclic) bond motifs is 1. The van der Waals surface area contributed by atoms with Gasteiger partial charge in [0, 0.05) is 6.54 Å². The van der Waals surface area contributed by atoms with Gasteiger partial charge in [-0.1, -0.05) is 6.07 Å². The zero-order chi connectivity index (χ0) is 13.9. The first-order chi connectivity index (χ1) is 9.02.